The third-order valence-corrected chi connectivity index (χ3v) is 5.53. The summed E-state index contributed by atoms with van der Waals surface area (Å²) >= 11 is 1.59. The molecule has 2 atom stereocenters. The zero-order chi connectivity index (χ0) is 15.0. The molecule has 5 heteroatoms. The van der Waals surface area contributed by atoms with Gasteiger partial charge >= 0.3 is 0 Å². The highest BCUT2D eigenvalue weighted by molar-refractivity contribution is 8.04. The number of fused-ring (bicyclic) bond motifs is 1. The van der Waals surface area contributed by atoms with Gasteiger partial charge in [0.05, 0.1) is 10.6 Å². The fourth-order valence-electron chi connectivity index (χ4n) is 3.13. The Labute approximate surface area is 128 Å². The molecule has 1 heterocycles. The molecule has 2 aliphatic rings. The summed E-state index contributed by atoms with van der Waals surface area (Å²) in [6, 6.07) is 7.40. The quantitative estimate of drug-likeness (QED) is 0.900. The minimum absolute atomic E-state index is 0.181. The molecule has 1 aromatic carbocycles. The third kappa shape index (κ3) is 2.70. The van der Waals surface area contributed by atoms with Crippen LogP contribution in [0.15, 0.2) is 34.9 Å². The average molecular weight is 302 g/mol. The van der Waals surface area contributed by atoms with Gasteiger partial charge in [0, 0.05) is 16.7 Å². The van der Waals surface area contributed by atoms with Crippen LogP contribution in [0.5, 0.6) is 0 Å². The van der Waals surface area contributed by atoms with E-state index in [1.807, 2.05) is 25.1 Å². The van der Waals surface area contributed by atoms with Gasteiger partial charge in [-0.15, -0.1) is 11.8 Å². The van der Waals surface area contributed by atoms with Crippen molar-refractivity contribution in [2.24, 2.45) is 11.7 Å². The van der Waals surface area contributed by atoms with Crippen LogP contribution in [0.1, 0.15) is 35.2 Å². The molecule has 1 fully saturated rings. The van der Waals surface area contributed by atoms with E-state index in [0.717, 1.165) is 24.8 Å². The monoisotopic (exact) mass is 302 g/mol. The Bertz CT molecular complexity index is 639. The highest BCUT2D eigenvalue weighted by Gasteiger charge is 2.41. The minimum Gasteiger partial charge on any atom is -0.366 e. The lowest BCUT2D eigenvalue weighted by Gasteiger charge is -2.10. The van der Waals surface area contributed by atoms with Crippen molar-refractivity contribution < 1.29 is 9.59 Å². The molecule has 1 aliphatic heterocycles. The molecular formula is C16H18N2O2S. The largest absolute Gasteiger partial charge is 0.366 e. The molecule has 1 aliphatic carbocycles. The van der Waals surface area contributed by atoms with Crippen molar-refractivity contribution in [3.05, 3.63) is 46.0 Å². The second kappa shape index (κ2) is 5.56. The molecule has 110 valence electrons. The van der Waals surface area contributed by atoms with Gasteiger partial charge in [0.25, 0.3) is 5.91 Å². The summed E-state index contributed by atoms with van der Waals surface area (Å²) in [6.45, 7) is 1.94. The summed E-state index contributed by atoms with van der Waals surface area (Å²) in [5.41, 5.74) is 7.77. The van der Waals surface area contributed by atoms with Crippen molar-refractivity contribution in [3.63, 3.8) is 0 Å². The molecule has 21 heavy (non-hydrogen) atoms. The zero-order valence-electron chi connectivity index (χ0n) is 11.9. The van der Waals surface area contributed by atoms with Crippen LogP contribution in [0.4, 0.5) is 0 Å². The van der Waals surface area contributed by atoms with E-state index in [0.29, 0.717) is 21.4 Å². The summed E-state index contributed by atoms with van der Waals surface area (Å²) in [5, 5.41) is 3.93. The van der Waals surface area contributed by atoms with Crippen LogP contribution < -0.4 is 11.1 Å². The Morgan fingerprint density at radius 3 is 2.86 bits per heavy atom. The Hall–Kier alpha value is -1.75. The molecule has 3 N–H and O–H groups in total. The highest BCUT2D eigenvalue weighted by Crippen LogP contribution is 2.49. The minimum atomic E-state index is -0.406. The van der Waals surface area contributed by atoms with Crippen molar-refractivity contribution in [2.75, 3.05) is 0 Å². The number of nitrogens with two attached hydrogens (primary N) is 1. The van der Waals surface area contributed by atoms with Crippen LogP contribution >= 0.6 is 11.8 Å². The fraction of sp³-hybridized carbons (Fsp3) is 0.375. The second-order valence-electron chi connectivity index (χ2n) is 5.62. The zero-order valence-corrected chi connectivity index (χ0v) is 12.7. The molecule has 0 bridgehead atoms. The molecule has 2 amide bonds. The Morgan fingerprint density at radius 2 is 2.14 bits per heavy atom. The van der Waals surface area contributed by atoms with Crippen LogP contribution in [0.2, 0.25) is 0 Å². The molecule has 1 aromatic rings. The summed E-state index contributed by atoms with van der Waals surface area (Å²) < 4.78 is 0. The molecule has 0 radical (unpaired) electrons. The van der Waals surface area contributed by atoms with Crippen molar-refractivity contribution in [1.29, 1.82) is 0 Å². The number of thioether (sulfide) groups is 1. The van der Waals surface area contributed by atoms with Gasteiger partial charge in [-0.25, -0.2) is 0 Å². The number of amides is 2. The van der Waals surface area contributed by atoms with E-state index in [-0.39, 0.29) is 11.8 Å². The van der Waals surface area contributed by atoms with Gasteiger partial charge in [-0.3, -0.25) is 9.59 Å². The first-order valence-electron chi connectivity index (χ1n) is 7.15. The van der Waals surface area contributed by atoms with Crippen LogP contribution in [0, 0.1) is 12.8 Å². The van der Waals surface area contributed by atoms with Crippen molar-refractivity contribution in [3.8, 4) is 0 Å². The van der Waals surface area contributed by atoms with Gasteiger partial charge in [0.15, 0.2) is 0 Å². The SMILES string of the molecule is Cc1cccc(C(=O)NC2=C(C(N)=O)C3CCCC3S2)c1. The van der Waals surface area contributed by atoms with E-state index in [9.17, 15) is 9.59 Å². The molecule has 0 aromatic heterocycles. The first-order chi connectivity index (χ1) is 10.1. The van der Waals surface area contributed by atoms with Gasteiger partial charge in [-0.1, -0.05) is 24.1 Å². The number of carbonyl (C=O) groups excluding carboxylic acids is 2. The van der Waals surface area contributed by atoms with Crippen LogP contribution in [-0.2, 0) is 4.79 Å². The predicted molar refractivity (Wildman–Crippen MR) is 83.6 cm³/mol. The number of aryl methyl sites for hydroxylation is 1. The van der Waals surface area contributed by atoms with Crippen molar-refractivity contribution in [2.45, 2.75) is 31.4 Å². The van der Waals surface area contributed by atoms with E-state index < -0.39 is 5.91 Å². The fourth-order valence-corrected chi connectivity index (χ4v) is 4.69. The first-order valence-corrected chi connectivity index (χ1v) is 8.03. The maximum absolute atomic E-state index is 12.3. The van der Waals surface area contributed by atoms with Crippen molar-refractivity contribution >= 4 is 23.6 Å². The van der Waals surface area contributed by atoms with Crippen molar-refractivity contribution in [1.82, 2.24) is 5.32 Å². The molecular weight excluding hydrogens is 284 g/mol. The second-order valence-corrected chi connectivity index (χ2v) is 6.87. The first kappa shape index (κ1) is 14.2. The molecule has 1 saturated carbocycles. The van der Waals surface area contributed by atoms with Crippen LogP contribution in [0.3, 0.4) is 0 Å². The Kier molecular flexibility index (Phi) is 3.76. The average Bonchev–Trinajstić information content (AvgIpc) is 2.98. The number of hydrogen-bond donors (Lipinski definition) is 2. The normalized spacial score (nSPS) is 24.0. The molecule has 2 unspecified atom stereocenters. The number of primary amides is 1. The van der Waals surface area contributed by atoms with Gasteiger partial charge in [-0.05, 0) is 31.9 Å². The van der Waals surface area contributed by atoms with Crippen LogP contribution in [-0.4, -0.2) is 17.1 Å². The van der Waals surface area contributed by atoms with E-state index in [1.54, 1.807) is 17.8 Å². The van der Waals surface area contributed by atoms with E-state index in [4.69, 9.17) is 5.73 Å². The number of rotatable bonds is 3. The smallest absolute Gasteiger partial charge is 0.256 e. The third-order valence-electron chi connectivity index (χ3n) is 4.11. The number of nitrogens with one attached hydrogen (secondary N) is 1. The maximum atomic E-state index is 12.3. The molecule has 0 saturated heterocycles. The van der Waals surface area contributed by atoms with Gasteiger partial charge in [0.1, 0.15) is 0 Å². The van der Waals surface area contributed by atoms with E-state index in [1.165, 1.54) is 0 Å². The topological polar surface area (TPSA) is 72.2 Å². The maximum Gasteiger partial charge on any atom is 0.256 e. The van der Waals surface area contributed by atoms with Gasteiger partial charge in [-0.2, -0.15) is 0 Å². The number of hydrogen-bond acceptors (Lipinski definition) is 3. The Morgan fingerprint density at radius 1 is 1.33 bits per heavy atom. The lowest BCUT2D eigenvalue weighted by molar-refractivity contribution is -0.115. The van der Waals surface area contributed by atoms with Crippen LogP contribution in [0.25, 0.3) is 0 Å². The number of benzene rings is 1. The molecule has 4 nitrogen and oxygen atoms in total. The van der Waals surface area contributed by atoms with E-state index in [2.05, 4.69) is 5.32 Å². The Balaban J connectivity index is 1.84. The lowest BCUT2D eigenvalue weighted by Crippen LogP contribution is -2.26. The summed E-state index contributed by atoms with van der Waals surface area (Å²) in [5.74, 6) is -0.378. The van der Waals surface area contributed by atoms with Gasteiger partial charge < -0.3 is 11.1 Å². The molecule has 3 rings (SSSR count). The summed E-state index contributed by atoms with van der Waals surface area (Å²) in [7, 11) is 0. The summed E-state index contributed by atoms with van der Waals surface area (Å²) in [6.07, 6.45) is 3.19. The standard InChI is InChI=1S/C16H18N2O2S/c1-9-4-2-5-10(8-9)15(20)18-16-13(14(17)19)11-6-3-7-12(11)21-16/h2,4-5,8,11-12H,3,6-7H2,1H3,(H2,17,19)(H,18,20). The number of carbonyl (C=O) groups is 2. The summed E-state index contributed by atoms with van der Waals surface area (Å²) in [4.78, 5) is 24.1. The highest BCUT2D eigenvalue weighted by atomic mass is 32.2. The van der Waals surface area contributed by atoms with E-state index >= 15 is 0 Å². The predicted octanol–water partition coefficient (Wildman–Crippen LogP) is 2.34. The molecule has 0 spiro atoms. The lowest BCUT2D eigenvalue weighted by atomic mass is 9.98. The van der Waals surface area contributed by atoms with Gasteiger partial charge in [0.2, 0.25) is 5.91 Å².